The van der Waals surface area contributed by atoms with Crippen LogP contribution in [0.1, 0.15) is 30.4 Å². The van der Waals surface area contributed by atoms with Crippen LogP contribution in [0.25, 0.3) is 0 Å². The first-order valence-corrected chi connectivity index (χ1v) is 7.89. The fraction of sp³-hybridized carbons (Fsp3) is 0.444. The van der Waals surface area contributed by atoms with Gasteiger partial charge in [0.05, 0.1) is 5.69 Å². The van der Waals surface area contributed by atoms with Gasteiger partial charge in [-0.1, -0.05) is 37.3 Å². The number of aromatic nitrogens is 2. The maximum atomic E-state index is 12.1. The number of nitrogens with zero attached hydrogens (tertiary/aromatic N) is 2. The van der Waals surface area contributed by atoms with Crippen molar-refractivity contribution in [3.63, 3.8) is 0 Å². The minimum atomic E-state index is -0.0205. The number of allylic oxidation sites excluding steroid dienone is 6. The summed E-state index contributed by atoms with van der Waals surface area (Å²) < 4.78 is 0. The molecule has 0 saturated heterocycles. The molecule has 0 fully saturated rings. The third-order valence-corrected chi connectivity index (χ3v) is 3.99. The lowest BCUT2D eigenvalue weighted by Gasteiger charge is -2.14. The molecule has 0 bridgehead atoms. The van der Waals surface area contributed by atoms with Crippen molar-refractivity contribution in [3.05, 3.63) is 63.4 Å². The number of rotatable bonds is 6. The minimum Gasteiger partial charge on any atom is -0.310 e. The Hall–Kier alpha value is -1.94. The number of hydrogen-bond acceptors (Lipinski definition) is 3. The van der Waals surface area contributed by atoms with Crippen LogP contribution in [0.5, 0.6) is 0 Å². The van der Waals surface area contributed by atoms with E-state index in [0.717, 1.165) is 48.6 Å². The van der Waals surface area contributed by atoms with E-state index in [9.17, 15) is 4.79 Å². The van der Waals surface area contributed by atoms with E-state index in [0.29, 0.717) is 6.42 Å². The first-order valence-electron chi connectivity index (χ1n) is 7.89. The molecule has 1 aromatic rings. The second kappa shape index (κ2) is 7.90. The Morgan fingerprint density at radius 1 is 1.36 bits per heavy atom. The van der Waals surface area contributed by atoms with Crippen molar-refractivity contribution < 1.29 is 0 Å². The normalized spacial score (nSPS) is 14.3. The van der Waals surface area contributed by atoms with E-state index in [4.69, 9.17) is 0 Å². The van der Waals surface area contributed by atoms with Crippen molar-refractivity contribution in [2.75, 3.05) is 20.1 Å². The van der Waals surface area contributed by atoms with E-state index in [1.165, 1.54) is 0 Å². The van der Waals surface area contributed by atoms with Gasteiger partial charge in [-0.3, -0.25) is 4.79 Å². The van der Waals surface area contributed by atoms with Crippen molar-refractivity contribution >= 4 is 0 Å². The summed E-state index contributed by atoms with van der Waals surface area (Å²) in [6.45, 7) is 5.89. The maximum absolute atomic E-state index is 12.1. The highest BCUT2D eigenvalue weighted by atomic mass is 16.1. The van der Waals surface area contributed by atoms with Crippen LogP contribution in [0, 0.1) is 6.92 Å². The topological polar surface area (TPSA) is 49.0 Å². The van der Waals surface area contributed by atoms with Gasteiger partial charge in [0.25, 0.3) is 5.56 Å². The van der Waals surface area contributed by atoms with Crippen molar-refractivity contribution in [1.29, 1.82) is 0 Å². The summed E-state index contributed by atoms with van der Waals surface area (Å²) in [6, 6.07) is 0. The van der Waals surface area contributed by atoms with Crippen molar-refractivity contribution in [1.82, 2.24) is 14.9 Å². The summed E-state index contributed by atoms with van der Waals surface area (Å²) in [5.74, 6) is 0.746. The van der Waals surface area contributed by atoms with Crippen LogP contribution in [-0.4, -0.2) is 35.0 Å². The predicted octanol–water partition coefficient (Wildman–Crippen LogP) is 2.56. The van der Waals surface area contributed by atoms with Crippen LogP contribution < -0.4 is 5.56 Å². The van der Waals surface area contributed by atoms with Gasteiger partial charge in [0.1, 0.15) is 5.82 Å². The number of hydrogen-bond donors (Lipinski definition) is 1. The van der Waals surface area contributed by atoms with E-state index >= 15 is 0 Å². The molecule has 1 heterocycles. The Morgan fingerprint density at radius 3 is 2.95 bits per heavy atom. The highest BCUT2D eigenvalue weighted by Crippen LogP contribution is 2.10. The third-order valence-electron chi connectivity index (χ3n) is 3.99. The molecule has 2 rings (SSSR count). The lowest BCUT2D eigenvalue weighted by molar-refractivity contribution is 0.355. The smallest absolute Gasteiger partial charge is 0.254 e. The monoisotopic (exact) mass is 299 g/mol. The van der Waals surface area contributed by atoms with Crippen LogP contribution in [0.15, 0.2) is 40.7 Å². The fourth-order valence-electron chi connectivity index (χ4n) is 2.35. The van der Waals surface area contributed by atoms with Gasteiger partial charge < -0.3 is 9.88 Å². The number of H-pyrrole nitrogens is 1. The van der Waals surface area contributed by atoms with Crippen molar-refractivity contribution in [2.45, 2.75) is 33.1 Å². The first kappa shape index (κ1) is 16.4. The van der Waals surface area contributed by atoms with Crippen molar-refractivity contribution in [3.8, 4) is 0 Å². The van der Waals surface area contributed by atoms with Gasteiger partial charge in [-0.05, 0) is 32.5 Å². The van der Waals surface area contributed by atoms with Gasteiger partial charge >= 0.3 is 0 Å². The molecule has 1 N–H and O–H groups in total. The van der Waals surface area contributed by atoms with Crippen LogP contribution >= 0.6 is 0 Å². The number of aromatic amines is 1. The van der Waals surface area contributed by atoms with Gasteiger partial charge in [0.15, 0.2) is 0 Å². The molecule has 22 heavy (non-hydrogen) atoms. The molecular formula is C18H25N3O. The molecule has 1 aromatic heterocycles. The molecule has 0 saturated carbocycles. The van der Waals surface area contributed by atoms with Crippen LogP contribution in [0.4, 0.5) is 0 Å². The zero-order valence-electron chi connectivity index (χ0n) is 13.7. The molecule has 4 nitrogen and oxygen atoms in total. The number of nitrogens with one attached hydrogen (secondary N) is 1. The lowest BCUT2D eigenvalue weighted by Crippen LogP contribution is -2.24. The Bertz CT molecular complexity index is 653. The molecular weight excluding hydrogens is 274 g/mol. The number of likely N-dealkylation sites (N-methyl/N-ethyl adjacent to an activating group) is 1. The Kier molecular flexibility index (Phi) is 5.90. The molecule has 0 unspecified atom stereocenters. The van der Waals surface area contributed by atoms with E-state index in [1.807, 2.05) is 6.92 Å². The average molecular weight is 299 g/mol. The van der Waals surface area contributed by atoms with Crippen LogP contribution in [0.2, 0.25) is 0 Å². The Labute approximate surface area is 132 Å². The average Bonchev–Trinajstić information content (AvgIpc) is 2.77. The largest absolute Gasteiger partial charge is 0.310 e. The summed E-state index contributed by atoms with van der Waals surface area (Å²) in [6.07, 6.45) is 12.9. The zero-order valence-corrected chi connectivity index (χ0v) is 13.7. The second-order valence-corrected chi connectivity index (χ2v) is 5.71. The molecule has 0 spiro atoms. The summed E-state index contributed by atoms with van der Waals surface area (Å²) in [5.41, 5.74) is 2.79. The summed E-state index contributed by atoms with van der Waals surface area (Å²) in [5, 5.41) is 0. The molecule has 0 aromatic carbocycles. The minimum absolute atomic E-state index is 0.0205. The third kappa shape index (κ3) is 4.53. The zero-order chi connectivity index (χ0) is 15.9. The Morgan fingerprint density at radius 2 is 2.18 bits per heavy atom. The molecule has 0 aliphatic heterocycles. The Balaban J connectivity index is 2.18. The predicted molar refractivity (Wildman–Crippen MR) is 91.2 cm³/mol. The SMILES string of the molecule is CCN(C)CCc1nc(CC2=CC=CCC=C2)[nH]c(=O)c1C. The summed E-state index contributed by atoms with van der Waals surface area (Å²) >= 11 is 0. The molecule has 1 aliphatic carbocycles. The highest BCUT2D eigenvalue weighted by molar-refractivity contribution is 5.30. The van der Waals surface area contributed by atoms with Crippen molar-refractivity contribution in [2.24, 2.45) is 0 Å². The fourth-order valence-corrected chi connectivity index (χ4v) is 2.35. The summed E-state index contributed by atoms with van der Waals surface area (Å²) in [7, 11) is 2.08. The van der Waals surface area contributed by atoms with Crippen LogP contribution in [-0.2, 0) is 12.8 Å². The first-order chi connectivity index (χ1) is 10.6. The van der Waals surface area contributed by atoms with Crippen LogP contribution in [0.3, 0.4) is 0 Å². The van der Waals surface area contributed by atoms with E-state index < -0.39 is 0 Å². The van der Waals surface area contributed by atoms with E-state index in [1.54, 1.807) is 0 Å². The van der Waals surface area contributed by atoms with Gasteiger partial charge in [0.2, 0.25) is 0 Å². The van der Waals surface area contributed by atoms with Gasteiger partial charge in [0, 0.05) is 24.9 Å². The quantitative estimate of drug-likeness (QED) is 0.878. The standard InChI is InChI=1S/C18H25N3O/c1-4-21(3)12-11-16-14(2)18(22)20-17(19-16)13-15-9-7-5-6-8-10-15/h5,7-10H,4,6,11-13H2,1-3H3,(H,19,20,22). The van der Waals surface area contributed by atoms with Gasteiger partial charge in [-0.25, -0.2) is 4.98 Å². The molecule has 1 aliphatic rings. The van der Waals surface area contributed by atoms with Gasteiger partial charge in [-0.2, -0.15) is 0 Å². The summed E-state index contributed by atoms with van der Waals surface area (Å²) in [4.78, 5) is 21.9. The van der Waals surface area contributed by atoms with Gasteiger partial charge in [-0.15, -0.1) is 0 Å². The maximum Gasteiger partial charge on any atom is 0.254 e. The van der Waals surface area contributed by atoms with E-state index in [2.05, 4.69) is 59.2 Å². The lowest BCUT2D eigenvalue weighted by atomic mass is 10.1. The highest BCUT2D eigenvalue weighted by Gasteiger charge is 2.09. The molecule has 4 heteroatoms. The van der Waals surface area contributed by atoms with E-state index in [-0.39, 0.29) is 5.56 Å². The molecule has 0 atom stereocenters. The molecule has 0 radical (unpaired) electrons. The second-order valence-electron chi connectivity index (χ2n) is 5.71. The molecule has 118 valence electrons. The molecule has 0 amide bonds.